The van der Waals surface area contributed by atoms with Crippen LogP contribution in [0.4, 0.5) is 5.82 Å². The van der Waals surface area contributed by atoms with Gasteiger partial charge in [0, 0.05) is 38.0 Å². The molecule has 3 heterocycles. The molecule has 1 aliphatic heterocycles. The smallest absolute Gasteiger partial charge is 0.134 e. The number of nitrogens with zero attached hydrogens (tertiary/aromatic N) is 2. The predicted octanol–water partition coefficient (Wildman–Crippen LogP) is 1.68. The molecule has 1 aliphatic rings. The molecule has 5 heteroatoms. The standard InChI is InChI=1S/C14H18N4O/c1-10-2-3-11(19-10)4-7-16-14-12-8-15-6-5-13(12)17-9-18-14/h2-3,9,15H,4-8H2,1H3,(H,16,17,18). The summed E-state index contributed by atoms with van der Waals surface area (Å²) in [6, 6.07) is 4.01. The van der Waals surface area contributed by atoms with E-state index in [2.05, 4.69) is 20.6 Å². The van der Waals surface area contributed by atoms with Gasteiger partial charge in [0.25, 0.3) is 0 Å². The molecule has 19 heavy (non-hydrogen) atoms. The first-order valence-electron chi connectivity index (χ1n) is 6.65. The van der Waals surface area contributed by atoms with Gasteiger partial charge in [0.05, 0.1) is 5.69 Å². The van der Waals surface area contributed by atoms with Crippen LogP contribution in [0.1, 0.15) is 22.8 Å². The number of hydrogen-bond donors (Lipinski definition) is 2. The summed E-state index contributed by atoms with van der Waals surface area (Å²) in [5.41, 5.74) is 2.36. The van der Waals surface area contributed by atoms with Gasteiger partial charge in [-0.25, -0.2) is 9.97 Å². The van der Waals surface area contributed by atoms with Crippen LogP contribution in [0, 0.1) is 6.92 Å². The zero-order valence-electron chi connectivity index (χ0n) is 11.1. The number of aromatic nitrogens is 2. The second-order valence-electron chi connectivity index (χ2n) is 4.76. The highest BCUT2D eigenvalue weighted by atomic mass is 16.3. The lowest BCUT2D eigenvalue weighted by molar-refractivity contribution is 0.486. The van der Waals surface area contributed by atoms with Gasteiger partial charge < -0.3 is 15.1 Å². The molecular weight excluding hydrogens is 240 g/mol. The molecule has 2 aromatic heterocycles. The highest BCUT2D eigenvalue weighted by molar-refractivity contribution is 5.46. The third-order valence-electron chi connectivity index (χ3n) is 3.33. The lowest BCUT2D eigenvalue weighted by Gasteiger charge is -2.18. The van der Waals surface area contributed by atoms with Crippen molar-refractivity contribution in [3.05, 3.63) is 41.2 Å². The van der Waals surface area contributed by atoms with E-state index in [9.17, 15) is 0 Å². The van der Waals surface area contributed by atoms with Crippen molar-refractivity contribution < 1.29 is 4.42 Å². The van der Waals surface area contributed by atoms with E-state index in [0.717, 1.165) is 55.5 Å². The van der Waals surface area contributed by atoms with Crippen molar-refractivity contribution in [1.82, 2.24) is 15.3 Å². The van der Waals surface area contributed by atoms with Crippen LogP contribution in [0.25, 0.3) is 0 Å². The van der Waals surface area contributed by atoms with Gasteiger partial charge in [-0.2, -0.15) is 0 Å². The summed E-state index contributed by atoms with van der Waals surface area (Å²) >= 11 is 0. The van der Waals surface area contributed by atoms with E-state index in [1.807, 2.05) is 19.1 Å². The summed E-state index contributed by atoms with van der Waals surface area (Å²) < 4.78 is 5.55. The molecule has 0 bridgehead atoms. The van der Waals surface area contributed by atoms with E-state index in [4.69, 9.17) is 4.42 Å². The Labute approximate surface area is 112 Å². The van der Waals surface area contributed by atoms with Crippen LogP contribution in [0.5, 0.6) is 0 Å². The van der Waals surface area contributed by atoms with Gasteiger partial charge in [-0.05, 0) is 19.1 Å². The Hall–Kier alpha value is -1.88. The summed E-state index contributed by atoms with van der Waals surface area (Å²) in [6.45, 7) is 4.62. The molecule has 0 saturated heterocycles. The molecule has 3 rings (SSSR count). The SMILES string of the molecule is Cc1ccc(CCNc2ncnc3c2CNCC3)o1. The zero-order valence-corrected chi connectivity index (χ0v) is 11.1. The average molecular weight is 258 g/mol. The number of rotatable bonds is 4. The number of furan rings is 1. The maximum Gasteiger partial charge on any atom is 0.134 e. The lowest BCUT2D eigenvalue weighted by atomic mass is 10.1. The van der Waals surface area contributed by atoms with Crippen molar-refractivity contribution in [2.75, 3.05) is 18.4 Å². The molecule has 0 radical (unpaired) electrons. The van der Waals surface area contributed by atoms with Crippen LogP contribution in [-0.4, -0.2) is 23.1 Å². The second kappa shape index (κ2) is 5.40. The van der Waals surface area contributed by atoms with Crippen molar-refractivity contribution in [1.29, 1.82) is 0 Å². The van der Waals surface area contributed by atoms with E-state index in [1.165, 1.54) is 5.56 Å². The fourth-order valence-electron chi connectivity index (χ4n) is 2.35. The normalized spacial score (nSPS) is 14.2. The fraction of sp³-hybridized carbons (Fsp3) is 0.429. The third kappa shape index (κ3) is 2.76. The van der Waals surface area contributed by atoms with Gasteiger partial charge in [-0.15, -0.1) is 0 Å². The molecular formula is C14H18N4O. The fourth-order valence-corrected chi connectivity index (χ4v) is 2.35. The quantitative estimate of drug-likeness (QED) is 0.873. The number of fused-ring (bicyclic) bond motifs is 1. The molecule has 0 fully saturated rings. The van der Waals surface area contributed by atoms with Crippen LogP contribution < -0.4 is 10.6 Å². The Kier molecular flexibility index (Phi) is 3.46. The Morgan fingerprint density at radius 3 is 3.16 bits per heavy atom. The lowest BCUT2D eigenvalue weighted by Crippen LogP contribution is -2.26. The Bertz CT molecular complexity index is 564. The van der Waals surface area contributed by atoms with Gasteiger partial charge in [0.15, 0.2) is 0 Å². The van der Waals surface area contributed by atoms with E-state index in [0.29, 0.717) is 0 Å². The number of aryl methyl sites for hydroxylation is 1. The van der Waals surface area contributed by atoms with Crippen molar-refractivity contribution >= 4 is 5.82 Å². The molecule has 0 unspecified atom stereocenters. The van der Waals surface area contributed by atoms with Crippen molar-refractivity contribution in [3.8, 4) is 0 Å². The number of nitrogens with one attached hydrogen (secondary N) is 2. The van der Waals surface area contributed by atoms with Crippen molar-refractivity contribution in [3.63, 3.8) is 0 Å². The summed E-state index contributed by atoms with van der Waals surface area (Å²) in [7, 11) is 0. The van der Waals surface area contributed by atoms with E-state index in [1.54, 1.807) is 6.33 Å². The van der Waals surface area contributed by atoms with Crippen molar-refractivity contribution in [2.24, 2.45) is 0 Å². The minimum Gasteiger partial charge on any atom is -0.466 e. The zero-order chi connectivity index (χ0) is 13.1. The van der Waals surface area contributed by atoms with E-state index in [-0.39, 0.29) is 0 Å². The molecule has 0 amide bonds. The maximum atomic E-state index is 5.55. The van der Waals surface area contributed by atoms with Crippen LogP contribution >= 0.6 is 0 Å². The largest absolute Gasteiger partial charge is 0.466 e. The molecule has 100 valence electrons. The molecule has 0 aromatic carbocycles. The first-order valence-corrected chi connectivity index (χ1v) is 6.65. The Morgan fingerprint density at radius 2 is 2.32 bits per heavy atom. The van der Waals surface area contributed by atoms with E-state index < -0.39 is 0 Å². The summed E-state index contributed by atoms with van der Waals surface area (Å²) in [5.74, 6) is 2.91. The number of anilines is 1. The highest BCUT2D eigenvalue weighted by Gasteiger charge is 2.14. The summed E-state index contributed by atoms with van der Waals surface area (Å²) in [5, 5.41) is 6.73. The third-order valence-corrected chi connectivity index (χ3v) is 3.33. The van der Waals surface area contributed by atoms with Crippen LogP contribution in [-0.2, 0) is 19.4 Å². The van der Waals surface area contributed by atoms with Crippen molar-refractivity contribution in [2.45, 2.75) is 26.3 Å². The molecule has 0 atom stereocenters. The van der Waals surface area contributed by atoms with Gasteiger partial charge >= 0.3 is 0 Å². The van der Waals surface area contributed by atoms with E-state index >= 15 is 0 Å². The topological polar surface area (TPSA) is 63.0 Å². The Balaban J connectivity index is 1.64. The number of hydrogen-bond acceptors (Lipinski definition) is 5. The van der Waals surface area contributed by atoms with Gasteiger partial charge in [0.1, 0.15) is 23.7 Å². The highest BCUT2D eigenvalue weighted by Crippen LogP contribution is 2.18. The first kappa shape index (κ1) is 12.2. The van der Waals surface area contributed by atoms with Crippen LogP contribution in [0.3, 0.4) is 0 Å². The average Bonchev–Trinajstić information content (AvgIpc) is 2.85. The molecule has 0 aliphatic carbocycles. The Morgan fingerprint density at radius 1 is 1.37 bits per heavy atom. The van der Waals surface area contributed by atoms with Gasteiger partial charge in [0.2, 0.25) is 0 Å². The second-order valence-corrected chi connectivity index (χ2v) is 4.76. The molecule has 2 N–H and O–H groups in total. The molecule has 2 aromatic rings. The van der Waals surface area contributed by atoms with Gasteiger partial charge in [-0.3, -0.25) is 0 Å². The molecule has 0 saturated carbocycles. The summed E-state index contributed by atoms with van der Waals surface area (Å²) in [6.07, 6.45) is 3.48. The van der Waals surface area contributed by atoms with Gasteiger partial charge in [-0.1, -0.05) is 0 Å². The first-order chi connectivity index (χ1) is 9.33. The van der Waals surface area contributed by atoms with Crippen LogP contribution in [0.2, 0.25) is 0 Å². The summed E-state index contributed by atoms with van der Waals surface area (Å²) in [4.78, 5) is 8.68. The van der Waals surface area contributed by atoms with Crippen LogP contribution in [0.15, 0.2) is 22.9 Å². The molecule has 5 nitrogen and oxygen atoms in total. The monoisotopic (exact) mass is 258 g/mol. The predicted molar refractivity (Wildman–Crippen MR) is 73.1 cm³/mol. The minimum atomic E-state index is 0.816. The maximum absolute atomic E-state index is 5.55. The minimum absolute atomic E-state index is 0.816. The molecule has 0 spiro atoms.